The summed E-state index contributed by atoms with van der Waals surface area (Å²) < 4.78 is 5.15. The Morgan fingerprint density at radius 1 is 1.53 bits per heavy atom. The average Bonchev–Trinajstić information content (AvgIpc) is 2.63. The van der Waals surface area contributed by atoms with Gasteiger partial charge in [0, 0.05) is 25.2 Å². The highest BCUT2D eigenvalue weighted by Crippen LogP contribution is 2.39. The van der Waals surface area contributed by atoms with E-state index in [1.165, 1.54) is 0 Å². The van der Waals surface area contributed by atoms with E-state index in [1.807, 2.05) is 11.0 Å². The summed E-state index contributed by atoms with van der Waals surface area (Å²) in [7, 11) is 1.56. The number of nitrogens with zero attached hydrogens (tertiary/aromatic N) is 1. The second kappa shape index (κ2) is 3.89. The summed E-state index contributed by atoms with van der Waals surface area (Å²) >= 11 is 6.11. The number of halogens is 1. The van der Waals surface area contributed by atoms with Crippen LogP contribution in [0.4, 0.5) is 0 Å². The molecule has 0 bridgehead atoms. The van der Waals surface area contributed by atoms with Gasteiger partial charge in [-0.1, -0.05) is 11.6 Å². The molecule has 3 rings (SSSR count). The van der Waals surface area contributed by atoms with Crippen LogP contribution in [0.5, 0.6) is 5.75 Å². The van der Waals surface area contributed by atoms with Crippen molar-refractivity contribution in [2.45, 2.75) is 6.04 Å². The first kappa shape index (κ1) is 10.9. The maximum absolute atomic E-state index is 12.2. The molecule has 1 amide bonds. The third-order valence-corrected chi connectivity index (χ3v) is 3.71. The monoisotopic (exact) mass is 252 g/mol. The molecule has 5 heteroatoms. The smallest absolute Gasteiger partial charge is 0.254 e. The Labute approximate surface area is 104 Å². The minimum Gasteiger partial charge on any atom is -0.495 e. The van der Waals surface area contributed by atoms with Gasteiger partial charge in [0.05, 0.1) is 18.2 Å². The molecule has 1 atom stereocenters. The lowest BCUT2D eigenvalue weighted by Gasteiger charge is -2.30. The Bertz CT molecular complexity index is 490. The predicted molar refractivity (Wildman–Crippen MR) is 64.7 cm³/mol. The lowest BCUT2D eigenvalue weighted by molar-refractivity contribution is 0.0690. The maximum Gasteiger partial charge on any atom is 0.254 e. The van der Waals surface area contributed by atoms with Gasteiger partial charge < -0.3 is 15.0 Å². The van der Waals surface area contributed by atoms with Gasteiger partial charge in [-0.05, 0) is 17.7 Å². The Morgan fingerprint density at radius 2 is 2.35 bits per heavy atom. The number of amides is 1. The molecule has 0 radical (unpaired) electrons. The molecule has 17 heavy (non-hydrogen) atoms. The van der Waals surface area contributed by atoms with E-state index < -0.39 is 0 Å². The summed E-state index contributed by atoms with van der Waals surface area (Å²) in [5.41, 5.74) is 1.73. The largest absolute Gasteiger partial charge is 0.495 e. The molecule has 1 aromatic rings. The second-order valence-electron chi connectivity index (χ2n) is 4.29. The minimum absolute atomic E-state index is 0.0847. The number of ether oxygens (including phenoxy) is 1. The van der Waals surface area contributed by atoms with Crippen molar-refractivity contribution in [1.29, 1.82) is 0 Å². The van der Waals surface area contributed by atoms with Gasteiger partial charge in [-0.25, -0.2) is 0 Å². The normalized spacial score (nSPS) is 22.4. The number of hydrogen-bond donors (Lipinski definition) is 1. The molecule has 2 heterocycles. The van der Waals surface area contributed by atoms with Crippen molar-refractivity contribution in [3.05, 3.63) is 28.3 Å². The van der Waals surface area contributed by atoms with Crippen LogP contribution in [0.2, 0.25) is 5.02 Å². The van der Waals surface area contributed by atoms with Crippen LogP contribution in [0, 0.1) is 0 Å². The molecule has 0 aliphatic carbocycles. The molecule has 2 aliphatic heterocycles. The van der Waals surface area contributed by atoms with Crippen LogP contribution in [-0.4, -0.2) is 37.6 Å². The maximum atomic E-state index is 12.2. The topological polar surface area (TPSA) is 41.6 Å². The second-order valence-corrected chi connectivity index (χ2v) is 4.70. The van der Waals surface area contributed by atoms with E-state index in [2.05, 4.69) is 5.32 Å². The molecule has 2 aliphatic rings. The van der Waals surface area contributed by atoms with Gasteiger partial charge in [-0.15, -0.1) is 0 Å². The number of hydrogen-bond acceptors (Lipinski definition) is 3. The van der Waals surface area contributed by atoms with Crippen LogP contribution in [0.1, 0.15) is 22.0 Å². The first-order valence-electron chi connectivity index (χ1n) is 5.61. The van der Waals surface area contributed by atoms with Crippen LogP contribution in [0.25, 0.3) is 0 Å². The van der Waals surface area contributed by atoms with Gasteiger partial charge in [-0.2, -0.15) is 0 Å². The van der Waals surface area contributed by atoms with Gasteiger partial charge in [0.15, 0.2) is 0 Å². The van der Waals surface area contributed by atoms with E-state index in [0.717, 1.165) is 30.8 Å². The molecule has 1 saturated heterocycles. The highest BCUT2D eigenvalue weighted by Gasteiger charge is 2.38. The highest BCUT2D eigenvalue weighted by atomic mass is 35.5. The number of carbonyl (C=O) groups excluding carboxylic acids is 1. The SMILES string of the molecule is COc1cc2c(cc1Cl)[C@@H]1CNCCN1C2=O. The van der Waals surface area contributed by atoms with Gasteiger partial charge in [0.1, 0.15) is 5.75 Å². The van der Waals surface area contributed by atoms with Crippen LogP contribution < -0.4 is 10.1 Å². The fourth-order valence-corrected chi connectivity index (χ4v) is 2.82. The fraction of sp³-hybridized carbons (Fsp3) is 0.417. The van der Waals surface area contributed by atoms with Crippen LogP contribution in [0.15, 0.2) is 12.1 Å². The molecule has 0 aromatic heterocycles. The zero-order chi connectivity index (χ0) is 12.0. The average molecular weight is 253 g/mol. The number of piperazine rings is 1. The summed E-state index contributed by atoms with van der Waals surface area (Å²) in [6.45, 7) is 2.39. The minimum atomic E-state index is 0.0847. The molecule has 0 saturated carbocycles. The van der Waals surface area contributed by atoms with Crippen molar-refractivity contribution in [2.24, 2.45) is 0 Å². The number of rotatable bonds is 1. The molecule has 1 fully saturated rings. The quantitative estimate of drug-likeness (QED) is 0.823. The van der Waals surface area contributed by atoms with Crippen molar-refractivity contribution in [2.75, 3.05) is 26.7 Å². The summed E-state index contributed by atoms with van der Waals surface area (Å²) in [5.74, 6) is 0.646. The van der Waals surface area contributed by atoms with E-state index in [0.29, 0.717) is 10.8 Å². The van der Waals surface area contributed by atoms with Gasteiger partial charge >= 0.3 is 0 Å². The Kier molecular flexibility index (Phi) is 2.49. The van der Waals surface area contributed by atoms with E-state index in [1.54, 1.807) is 13.2 Å². The predicted octanol–water partition coefficient (Wildman–Crippen LogP) is 1.45. The van der Waals surface area contributed by atoms with Crippen molar-refractivity contribution >= 4 is 17.5 Å². The summed E-state index contributed by atoms with van der Waals surface area (Å²) in [6.07, 6.45) is 0. The molecule has 4 nitrogen and oxygen atoms in total. The van der Waals surface area contributed by atoms with Crippen LogP contribution in [0.3, 0.4) is 0 Å². The molecule has 90 valence electrons. The van der Waals surface area contributed by atoms with E-state index in [4.69, 9.17) is 16.3 Å². The third-order valence-electron chi connectivity index (χ3n) is 3.42. The summed E-state index contributed by atoms with van der Waals surface area (Å²) in [6, 6.07) is 3.72. The Hall–Kier alpha value is -1.26. The van der Waals surface area contributed by atoms with Crippen molar-refractivity contribution < 1.29 is 9.53 Å². The number of methoxy groups -OCH3 is 1. The molecule has 0 spiro atoms. The molecule has 1 N–H and O–H groups in total. The standard InChI is InChI=1S/C12H13ClN2O2/c1-17-11-5-8-7(4-9(11)13)10-6-14-2-3-15(10)12(8)16/h4-5,10,14H,2-3,6H2,1H3/t10-/m0/s1. The number of carbonyl (C=O) groups is 1. The van der Waals surface area contributed by atoms with E-state index in [-0.39, 0.29) is 11.9 Å². The van der Waals surface area contributed by atoms with Crippen molar-refractivity contribution in [3.8, 4) is 5.75 Å². The van der Waals surface area contributed by atoms with Gasteiger partial charge in [-0.3, -0.25) is 4.79 Å². The third kappa shape index (κ3) is 1.51. The zero-order valence-corrected chi connectivity index (χ0v) is 10.3. The van der Waals surface area contributed by atoms with Crippen LogP contribution >= 0.6 is 11.6 Å². The highest BCUT2D eigenvalue weighted by molar-refractivity contribution is 6.32. The summed E-state index contributed by atoms with van der Waals surface area (Å²) in [5, 5.41) is 3.86. The van der Waals surface area contributed by atoms with Crippen molar-refractivity contribution in [1.82, 2.24) is 10.2 Å². The molecule has 0 unspecified atom stereocenters. The van der Waals surface area contributed by atoms with Crippen LogP contribution in [-0.2, 0) is 0 Å². The number of nitrogens with one attached hydrogen (secondary N) is 1. The van der Waals surface area contributed by atoms with E-state index >= 15 is 0 Å². The first-order valence-corrected chi connectivity index (χ1v) is 5.99. The lowest BCUT2D eigenvalue weighted by atomic mass is 10.0. The Morgan fingerprint density at radius 3 is 3.12 bits per heavy atom. The lowest BCUT2D eigenvalue weighted by Crippen LogP contribution is -2.44. The first-order chi connectivity index (χ1) is 8.22. The van der Waals surface area contributed by atoms with E-state index in [9.17, 15) is 4.79 Å². The molecular formula is C12H13ClN2O2. The van der Waals surface area contributed by atoms with Crippen molar-refractivity contribution in [3.63, 3.8) is 0 Å². The fourth-order valence-electron chi connectivity index (χ4n) is 2.57. The van der Waals surface area contributed by atoms with Gasteiger partial charge in [0.25, 0.3) is 5.91 Å². The Balaban J connectivity index is 2.11. The number of benzene rings is 1. The van der Waals surface area contributed by atoms with Gasteiger partial charge in [0.2, 0.25) is 0 Å². The summed E-state index contributed by atoms with van der Waals surface area (Å²) in [4.78, 5) is 14.1. The zero-order valence-electron chi connectivity index (χ0n) is 9.50. The molecular weight excluding hydrogens is 240 g/mol. The molecule has 1 aromatic carbocycles. The number of fused-ring (bicyclic) bond motifs is 3.